The molecule has 21 heavy (non-hydrogen) atoms. The fourth-order valence-corrected chi connectivity index (χ4v) is 2.31. The number of rotatable bonds is 7. The Morgan fingerprint density at radius 1 is 1.48 bits per heavy atom. The van der Waals surface area contributed by atoms with Gasteiger partial charge in [-0.2, -0.15) is 0 Å². The molecule has 0 bridgehead atoms. The van der Waals surface area contributed by atoms with Crippen molar-refractivity contribution in [1.29, 1.82) is 0 Å². The minimum absolute atomic E-state index is 0.126. The average Bonchev–Trinajstić information content (AvgIpc) is 2.43. The number of nitrogens with zero attached hydrogens (tertiary/aromatic N) is 1. The zero-order valence-electron chi connectivity index (χ0n) is 12.3. The van der Waals surface area contributed by atoms with Crippen LogP contribution in [0.3, 0.4) is 0 Å². The van der Waals surface area contributed by atoms with Gasteiger partial charge in [-0.05, 0) is 18.4 Å². The highest BCUT2D eigenvalue weighted by molar-refractivity contribution is 6.21. The number of alkyl halides is 1. The van der Waals surface area contributed by atoms with Crippen molar-refractivity contribution in [1.82, 2.24) is 5.32 Å². The summed E-state index contributed by atoms with van der Waals surface area (Å²) in [6.45, 7) is 4.44. The summed E-state index contributed by atoms with van der Waals surface area (Å²) in [6.07, 6.45) is 0.791. The Hall–Kier alpha value is -1.82. The van der Waals surface area contributed by atoms with Gasteiger partial charge in [-0.15, -0.1) is 11.6 Å². The number of carbonyl (C=O) groups is 1. The number of amides is 1. The average molecular weight is 315 g/mol. The fourth-order valence-electron chi connectivity index (χ4n) is 1.87. The summed E-state index contributed by atoms with van der Waals surface area (Å²) < 4.78 is 5.03. The molecule has 1 atom stereocenters. The van der Waals surface area contributed by atoms with E-state index in [4.69, 9.17) is 16.3 Å². The van der Waals surface area contributed by atoms with Crippen molar-refractivity contribution in [2.45, 2.75) is 25.6 Å². The van der Waals surface area contributed by atoms with E-state index in [-0.39, 0.29) is 28.3 Å². The van der Waals surface area contributed by atoms with E-state index < -0.39 is 4.92 Å². The fraction of sp³-hybridized carbons (Fsp3) is 0.500. The van der Waals surface area contributed by atoms with Gasteiger partial charge in [-0.25, -0.2) is 0 Å². The molecule has 1 aromatic rings. The number of ether oxygens (including phenoxy) is 1. The molecule has 7 heteroatoms. The lowest BCUT2D eigenvalue weighted by atomic mass is 10.1. The third-order valence-corrected chi connectivity index (χ3v) is 3.18. The van der Waals surface area contributed by atoms with Crippen molar-refractivity contribution >= 4 is 23.2 Å². The van der Waals surface area contributed by atoms with Crippen LogP contribution in [0.4, 0.5) is 5.69 Å². The molecule has 0 fully saturated rings. The molecule has 0 heterocycles. The van der Waals surface area contributed by atoms with Crippen molar-refractivity contribution in [3.05, 3.63) is 33.9 Å². The quantitative estimate of drug-likeness (QED) is 0.476. The molecule has 0 saturated carbocycles. The SMILES string of the molecule is COc1cc([N+](=O)[O-])ccc1C(=O)NCC(Cl)CC(C)C. The first-order valence-electron chi connectivity index (χ1n) is 6.59. The number of nitro benzene ring substituents is 1. The molecule has 1 amide bonds. The van der Waals surface area contributed by atoms with Crippen LogP contribution >= 0.6 is 11.6 Å². The summed E-state index contributed by atoms with van der Waals surface area (Å²) in [5.74, 6) is 0.242. The summed E-state index contributed by atoms with van der Waals surface area (Å²) in [5, 5.41) is 13.3. The number of non-ortho nitro benzene ring substituents is 1. The van der Waals surface area contributed by atoms with Gasteiger partial charge in [0.2, 0.25) is 0 Å². The summed E-state index contributed by atoms with van der Waals surface area (Å²) in [4.78, 5) is 22.2. The third-order valence-electron chi connectivity index (χ3n) is 2.85. The molecule has 0 aromatic heterocycles. The number of hydrogen-bond acceptors (Lipinski definition) is 4. The third kappa shape index (κ3) is 5.23. The summed E-state index contributed by atoms with van der Waals surface area (Å²) >= 11 is 6.11. The van der Waals surface area contributed by atoms with E-state index in [2.05, 4.69) is 19.2 Å². The summed E-state index contributed by atoms with van der Waals surface area (Å²) in [7, 11) is 1.36. The number of hydrogen-bond donors (Lipinski definition) is 1. The second-order valence-corrected chi connectivity index (χ2v) is 5.70. The van der Waals surface area contributed by atoms with E-state index in [0.717, 1.165) is 6.42 Å². The van der Waals surface area contributed by atoms with Gasteiger partial charge >= 0.3 is 0 Å². The molecule has 0 aliphatic heterocycles. The van der Waals surface area contributed by atoms with E-state index >= 15 is 0 Å². The van der Waals surface area contributed by atoms with E-state index in [1.165, 1.54) is 25.3 Å². The van der Waals surface area contributed by atoms with E-state index in [9.17, 15) is 14.9 Å². The van der Waals surface area contributed by atoms with E-state index in [0.29, 0.717) is 12.5 Å². The summed E-state index contributed by atoms with van der Waals surface area (Å²) in [5.41, 5.74) is 0.120. The number of nitro groups is 1. The Balaban J connectivity index is 2.76. The molecule has 1 unspecified atom stereocenters. The monoisotopic (exact) mass is 314 g/mol. The number of carbonyl (C=O) groups excluding carboxylic acids is 1. The molecule has 1 rings (SSSR count). The Morgan fingerprint density at radius 3 is 2.67 bits per heavy atom. The van der Waals surface area contributed by atoms with Crippen molar-refractivity contribution in [3.63, 3.8) is 0 Å². The predicted octanol–water partition coefficient (Wildman–Crippen LogP) is 2.99. The Kier molecular flexibility index (Phi) is 6.42. The van der Waals surface area contributed by atoms with Crippen LogP contribution in [0.15, 0.2) is 18.2 Å². The van der Waals surface area contributed by atoms with Crippen LogP contribution in [0.2, 0.25) is 0 Å². The highest BCUT2D eigenvalue weighted by Gasteiger charge is 2.17. The molecule has 1 aromatic carbocycles. The number of nitrogens with one attached hydrogen (secondary N) is 1. The van der Waals surface area contributed by atoms with E-state index in [1.54, 1.807) is 0 Å². The zero-order chi connectivity index (χ0) is 16.0. The second kappa shape index (κ2) is 7.83. The van der Waals surface area contributed by atoms with Crippen molar-refractivity contribution in [2.24, 2.45) is 5.92 Å². The first-order chi connectivity index (χ1) is 9.85. The maximum absolute atomic E-state index is 12.1. The lowest BCUT2D eigenvalue weighted by Crippen LogP contribution is -2.30. The minimum Gasteiger partial charge on any atom is -0.496 e. The number of halogens is 1. The topological polar surface area (TPSA) is 81.5 Å². The molecule has 0 radical (unpaired) electrons. The lowest BCUT2D eigenvalue weighted by molar-refractivity contribution is -0.384. The first-order valence-corrected chi connectivity index (χ1v) is 7.03. The highest BCUT2D eigenvalue weighted by Crippen LogP contribution is 2.24. The Bertz CT molecular complexity index is 520. The van der Waals surface area contributed by atoms with Gasteiger partial charge in [0.15, 0.2) is 0 Å². The van der Waals surface area contributed by atoms with Gasteiger partial charge < -0.3 is 10.1 Å². The number of benzene rings is 1. The van der Waals surface area contributed by atoms with Gasteiger partial charge in [0, 0.05) is 12.6 Å². The number of methoxy groups -OCH3 is 1. The lowest BCUT2D eigenvalue weighted by Gasteiger charge is -2.14. The maximum Gasteiger partial charge on any atom is 0.273 e. The smallest absolute Gasteiger partial charge is 0.273 e. The molecule has 0 aliphatic carbocycles. The minimum atomic E-state index is -0.540. The predicted molar refractivity (Wildman–Crippen MR) is 81.1 cm³/mol. The summed E-state index contributed by atoms with van der Waals surface area (Å²) in [6, 6.07) is 3.86. The van der Waals surface area contributed by atoms with Crippen molar-refractivity contribution < 1.29 is 14.5 Å². The Morgan fingerprint density at radius 2 is 2.14 bits per heavy atom. The molecule has 1 N–H and O–H groups in total. The molecular formula is C14H19ClN2O4. The largest absolute Gasteiger partial charge is 0.496 e. The molecule has 116 valence electrons. The molecule has 0 saturated heterocycles. The van der Waals surface area contributed by atoms with Crippen LogP contribution in [0, 0.1) is 16.0 Å². The van der Waals surface area contributed by atoms with Crippen LogP contribution in [0.25, 0.3) is 0 Å². The molecule has 6 nitrogen and oxygen atoms in total. The van der Waals surface area contributed by atoms with Gasteiger partial charge in [0.1, 0.15) is 5.75 Å². The van der Waals surface area contributed by atoms with Crippen LogP contribution in [0.1, 0.15) is 30.6 Å². The van der Waals surface area contributed by atoms with Crippen molar-refractivity contribution in [3.8, 4) is 5.75 Å². The zero-order valence-corrected chi connectivity index (χ0v) is 13.0. The second-order valence-electron chi connectivity index (χ2n) is 5.08. The van der Waals surface area contributed by atoms with Gasteiger partial charge in [0.25, 0.3) is 11.6 Å². The Labute approximate surface area is 128 Å². The highest BCUT2D eigenvalue weighted by atomic mass is 35.5. The van der Waals surface area contributed by atoms with Crippen LogP contribution in [-0.2, 0) is 0 Å². The normalized spacial score (nSPS) is 12.0. The van der Waals surface area contributed by atoms with Crippen LogP contribution < -0.4 is 10.1 Å². The van der Waals surface area contributed by atoms with Gasteiger partial charge in [-0.3, -0.25) is 14.9 Å². The van der Waals surface area contributed by atoms with Gasteiger partial charge in [-0.1, -0.05) is 13.8 Å². The molecular weight excluding hydrogens is 296 g/mol. The maximum atomic E-state index is 12.1. The standard InChI is InChI=1S/C14H19ClN2O4/c1-9(2)6-10(15)8-16-14(18)12-5-4-11(17(19)20)7-13(12)21-3/h4-5,7,9-10H,6,8H2,1-3H3,(H,16,18). The van der Waals surface area contributed by atoms with E-state index in [1.807, 2.05) is 0 Å². The van der Waals surface area contributed by atoms with Gasteiger partial charge in [0.05, 0.1) is 29.0 Å². The molecule has 0 aliphatic rings. The first kappa shape index (κ1) is 17.2. The van der Waals surface area contributed by atoms with Crippen LogP contribution in [-0.4, -0.2) is 29.9 Å². The van der Waals surface area contributed by atoms with Crippen LogP contribution in [0.5, 0.6) is 5.75 Å². The molecule has 0 spiro atoms. The van der Waals surface area contributed by atoms with Crippen molar-refractivity contribution in [2.75, 3.05) is 13.7 Å².